The van der Waals surface area contributed by atoms with Crippen LogP contribution in [0.15, 0.2) is 71.2 Å². The number of para-hydroxylation sites is 2. The molecule has 8 rings (SSSR count). The van der Waals surface area contributed by atoms with E-state index < -0.39 is 74.3 Å². The fourth-order valence-corrected chi connectivity index (χ4v) is 9.57. The van der Waals surface area contributed by atoms with Crippen LogP contribution in [0.25, 0.3) is 33.3 Å². The van der Waals surface area contributed by atoms with Crippen LogP contribution in [-0.2, 0) is 29.1 Å². The van der Waals surface area contributed by atoms with Crippen molar-refractivity contribution >= 4 is 55.9 Å². The Hall–Kier alpha value is -5.64. The molecular formula is C44H51N5O10S. The summed E-state index contributed by atoms with van der Waals surface area (Å²) in [6.45, 7) is 5.12. The summed E-state index contributed by atoms with van der Waals surface area (Å²) in [5, 5.41) is 5.79. The molecule has 0 spiro atoms. The maximum absolute atomic E-state index is 14.7. The number of furan rings is 1. The molecule has 4 aliphatic rings. The lowest BCUT2D eigenvalue weighted by Gasteiger charge is -2.30. The third kappa shape index (κ3) is 8.51. The first-order chi connectivity index (χ1) is 28.7. The van der Waals surface area contributed by atoms with Crippen LogP contribution in [0.2, 0.25) is 0 Å². The lowest BCUT2D eigenvalue weighted by atomic mass is 10.0. The molecule has 60 heavy (non-hydrogen) atoms. The zero-order valence-electron chi connectivity index (χ0n) is 34.2. The molecule has 2 saturated carbocycles. The van der Waals surface area contributed by atoms with Crippen LogP contribution >= 0.6 is 0 Å². The van der Waals surface area contributed by atoms with Gasteiger partial charge >= 0.3 is 6.09 Å². The highest BCUT2D eigenvalue weighted by atomic mass is 32.2. The molecule has 2 aromatic carbocycles. The number of aromatic nitrogens is 1. The number of carbonyl (C=O) groups excluding carboxylic acids is 4. The van der Waals surface area contributed by atoms with Crippen LogP contribution in [0.3, 0.4) is 0 Å². The fourth-order valence-electron chi connectivity index (χ4n) is 8.21. The molecule has 2 aliphatic carbocycles. The first kappa shape index (κ1) is 41.1. The second-order valence-corrected chi connectivity index (χ2v) is 19.1. The number of fused-ring (bicyclic) bond motifs is 5. The summed E-state index contributed by atoms with van der Waals surface area (Å²) in [6.07, 6.45) is 6.48. The molecule has 3 fully saturated rings. The molecule has 2 aromatic heterocycles. The van der Waals surface area contributed by atoms with Crippen molar-refractivity contribution in [3.63, 3.8) is 0 Å². The van der Waals surface area contributed by atoms with Gasteiger partial charge in [-0.2, -0.15) is 0 Å². The Bertz CT molecular complexity index is 2470. The van der Waals surface area contributed by atoms with E-state index in [1.54, 1.807) is 33.9 Å². The molecule has 5 atom stereocenters. The van der Waals surface area contributed by atoms with Crippen LogP contribution in [0.1, 0.15) is 78.6 Å². The van der Waals surface area contributed by atoms with Gasteiger partial charge in [0.25, 0.3) is 5.91 Å². The normalized spacial score (nSPS) is 25.0. The highest BCUT2D eigenvalue weighted by molar-refractivity contribution is 7.91. The molecule has 4 heterocycles. The van der Waals surface area contributed by atoms with Gasteiger partial charge in [-0.05, 0) is 83.6 Å². The van der Waals surface area contributed by atoms with Crippen molar-refractivity contribution in [3.8, 4) is 22.8 Å². The number of pyridine rings is 1. The van der Waals surface area contributed by atoms with Gasteiger partial charge in [0.2, 0.25) is 21.8 Å². The van der Waals surface area contributed by atoms with Crippen LogP contribution in [0.5, 0.6) is 11.5 Å². The average molecular weight is 842 g/mol. The van der Waals surface area contributed by atoms with E-state index in [2.05, 4.69) is 15.4 Å². The molecule has 0 radical (unpaired) electrons. The Labute approximate surface area is 348 Å². The van der Waals surface area contributed by atoms with E-state index in [9.17, 15) is 27.6 Å². The van der Waals surface area contributed by atoms with Gasteiger partial charge in [0.05, 0.1) is 24.6 Å². The van der Waals surface area contributed by atoms with Crippen LogP contribution in [0, 0.1) is 5.92 Å². The third-order valence-electron chi connectivity index (χ3n) is 11.5. The number of rotatable bonds is 8. The van der Waals surface area contributed by atoms with Gasteiger partial charge in [0.1, 0.15) is 46.2 Å². The van der Waals surface area contributed by atoms with Gasteiger partial charge in [-0.25, -0.2) is 18.2 Å². The Morgan fingerprint density at radius 3 is 2.53 bits per heavy atom. The minimum absolute atomic E-state index is 0.00332. The predicted molar refractivity (Wildman–Crippen MR) is 222 cm³/mol. The summed E-state index contributed by atoms with van der Waals surface area (Å²) in [6, 6.07) is 14.5. The van der Waals surface area contributed by atoms with Crippen molar-refractivity contribution in [2.45, 2.75) is 113 Å². The van der Waals surface area contributed by atoms with Crippen LogP contribution in [-0.4, -0.2) is 90.3 Å². The topological polar surface area (TPSA) is 195 Å². The standard InChI is InChI=1S/C44H51N5O10S/c1-43(2,3)59-42(53)46-31-17-9-7-5-6-8-14-26-24-44(26,41(52)48-60(54,55)28-20-21-28)47-39(50)33-22-27(25-49(33)40(31)51)57-36-23-32(29-15-10-12-18-34(29)56-4)45-37-30-16-11-13-19-35(30)58-38(36)37/h8,10-16,18-19,23,26-28,31,33H,5-7,9,17,20-22,24-25H2,1-4H3,(H,46,53)(H,47,50)(H,48,52)/t26-,27-,31+,33+,44-/m1/s1. The van der Waals surface area contributed by atoms with E-state index >= 15 is 0 Å². The summed E-state index contributed by atoms with van der Waals surface area (Å²) in [5.41, 5.74) is 0.411. The largest absolute Gasteiger partial charge is 0.496 e. The van der Waals surface area contributed by atoms with Gasteiger partial charge in [-0.1, -0.05) is 49.3 Å². The molecular weight excluding hydrogens is 791 g/mol. The number of methoxy groups -OCH3 is 1. The zero-order chi connectivity index (χ0) is 42.4. The van der Waals surface area contributed by atoms with Crippen molar-refractivity contribution in [1.82, 2.24) is 25.2 Å². The number of alkyl carbamates (subject to hydrolysis) is 1. The Morgan fingerprint density at radius 1 is 1.00 bits per heavy atom. The quantitative estimate of drug-likeness (QED) is 0.179. The number of sulfonamides is 1. The van der Waals surface area contributed by atoms with Gasteiger partial charge < -0.3 is 34.2 Å². The third-order valence-corrected chi connectivity index (χ3v) is 13.3. The summed E-state index contributed by atoms with van der Waals surface area (Å²) < 4.78 is 52.4. The van der Waals surface area contributed by atoms with Crippen molar-refractivity contribution in [1.29, 1.82) is 0 Å². The van der Waals surface area contributed by atoms with Gasteiger partial charge in [-0.3, -0.25) is 19.1 Å². The number of benzene rings is 2. The Balaban J connectivity index is 1.16. The van der Waals surface area contributed by atoms with Crippen molar-refractivity contribution in [2.24, 2.45) is 5.92 Å². The van der Waals surface area contributed by atoms with E-state index in [-0.39, 0.29) is 19.4 Å². The molecule has 318 valence electrons. The number of allylic oxidation sites excluding steroid dienone is 1. The first-order valence-electron chi connectivity index (χ1n) is 20.6. The van der Waals surface area contributed by atoms with E-state index in [1.807, 2.05) is 60.7 Å². The van der Waals surface area contributed by atoms with Crippen LogP contribution in [0.4, 0.5) is 4.79 Å². The average Bonchev–Trinajstić information content (AvgIpc) is 4.10. The SMILES string of the molecule is COc1ccccc1-c1cc(O[C@@H]2C[C@H]3C(=O)N[C@]4(C(=O)NS(=O)(=O)C5CC5)C[C@H]4C=CCCCCC[C@H](NC(=O)OC(C)(C)C)C(=O)N3C2)c2oc3ccccc3c2n1. The van der Waals surface area contributed by atoms with Crippen molar-refractivity contribution < 1.29 is 46.2 Å². The number of nitrogens with one attached hydrogen (secondary N) is 3. The van der Waals surface area contributed by atoms with E-state index in [0.717, 1.165) is 18.2 Å². The van der Waals surface area contributed by atoms with E-state index in [0.29, 0.717) is 71.5 Å². The number of nitrogens with zero attached hydrogens (tertiary/aromatic N) is 2. The fraction of sp³-hybridized carbons (Fsp3) is 0.477. The second kappa shape index (κ2) is 16.1. The second-order valence-electron chi connectivity index (χ2n) is 17.2. The van der Waals surface area contributed by atoms with Crippen molar-refractivity contribution in [2.75, 3.05) is 13.7 Å². The highest BCUT2D eigenvalue weighted by Gasteiger charge is 2.62. The van der Waals surface area contributed by atoms with Crippen molar-refractivity contribution in [3.05, 3.63) is 66.7 Å². The van der Waals surface area contributed by atoms with Gasteiger partial charge in [0, 0.05) is 29.4 Å². The number of ether oxygens (including phenoxy) is 3. The molecule has 16 heteroatoms. The van der Waals surface area contributed by atoms with Crippen LogP contribution < -0.4 is 24.8 Å². The molecule has 4 amide bonds. The maximum Gasteiger partial charge on any atom is 0.408 e. The molecule has 3 N–H and O–H groups in total. The lowest BCUT2D eigenvalue weighted by molar-refractivity contribution is -0.141. The summed E-state index contributed by atoms with van der Waals surface area (Å²) >= 11 is 0. The summed E-state index contributed by atoms with van der Waals surface area (Å²) in [7, 11) is -2.34. The minimum atomic E-state index is -3.92. The number of carbonyl (C=O) groups is 4. The van der Waals surface area contributed by atoms with Gasteiger partial charge in [-0.15, -0.1) is 0 Å². The molecule has 0 unspecified atom stereocenters. The zero-order valence-corrected chi connectivity index (χ0v) is 35.0. The Morgan fingerprint density at radius 2 is 1.77 bits per heavy atom. The number of hydrogen-bond acceptors (Lipinski definition) is 11. The molecule has 4 aromatic rings. The van der Waals surface area contributed by atoms with E-state index in [4.69, 9.17) is 23.6 Å². The molecule has 1 saturated heterocycles. The molecule has 2 aliphatic heterocycles. The monoisotopic (exact) mass is 841 g/mol. The first-order valence-corrected chi connectivity index (χ1v) is 22.2. The Kier molecular flexibility index (Phi) is 11.0. The lowest BCUT2D eigenvalue weighted by Crippen LogP contribution is -2.58. The number of hydrogen-bond donors (Lipinski definition) is 3. The smallest absolute Gasteiger partial charge is 0.408 e. The number of amides is 4. The molecule has 0 bridgehead atoms. The summed E-state index contributed by atoms with van der Waals surface area (Å²) in [5.74, 6) is -1.49. The van der Waals surface area contributed by atoms with Gasteiger partial charge in [0.15, 0.2) is 11.3 Å². The minimum Gasteiger partial charge on any atom is -0.496 e. The van der Waals surface area contributed by atoms with E-state index in [1.165, 1.54) is 4.90 Å². The summed E-state index contributed by atoms with van der Waals surface area (Å²) in [4.78, 5) is 62.7. The molecule has 15 nitrogen and oxygen atoms in total. The maximum atomic E-state index is 14.7. The highest BCUT2D eigenvalue weighted by Crippen LogP contribution is 2.46. The predicted octanol–water partition coefficient (Wildman–Crippen LogP) is 5.90.